The molecule has 0 radical (unpaired) electrons. The summed E-state index contributed by atoms with van der Waals surface area (Å²) in [5.41, 5.74) is -0.257. The lowest BCUT2D eigenvalue weighted by Gasteiger charge is -2.04. The largest absolute Gasteiger partial charge is 0.460 e. The maximum absolute atomic E-state index is 13.0. The van der Waals surface area contributed by atoms with Crippen molar-refractivity contribution in [3.8, 4) is 0 Å². The van der Waals surface area contributed by atoms with Crippen molar-refractivity contribution < 1.29 is 13.6 Å². The van der Waals surface area contributed by atoms with Gasteiger partial charge in [0.25, 0.3) is 0 Å². The van der Waals surface area contributed by atoms with Crippen LogP contribution >= 0.6 is 15.9 Å². The highest BCUT2D eigenvalue weighted by Gasteiger charge is 2.17. The molecule has 17 heavy (non-hydrogen) atoms. The molecule has 0 saturated heterocycles. The number of benzene rings is 1. The van der Waals surface area contributed by atoms with Crippen molar-refractivity contribution in [2.45, 2.75) is 6.92 Å². The summed E-state index contributed by atoms with van der Waals surface area (Å²) in [6, 6.07) is 3.62. The van der Waals surface area contributed by atoms with Crippen LogP contribution in [0.5, 0.6) is 0 Å². The van der Waals surface area contributed by atoms with Gasteiger partial charge in [0.1, 0.15) is 22.7 Å². The molecule has 0 aliphatic rings. The second kappa shape index (κ2) is 4.41. The lowest BCUT2D eigenvalue weighted by atomic mass is 10.1. The predicted octanol–water partition coefficient (Wildman–Crippen LogP) is 2.82. The Hall–Kier alpha value is -1.49. The number of hydrogen-bond donors (Lipinski definition) is 0. The van der Waals surface area contributed by atoms with Gasteiger partial charge in [0, 0.05) is 6.07 Å². The third-order valence-electron chi connectivity index (χ3n) is 2.43. The first-order chi connectivity index (χ1) is 8.04. The predicted molar refractivity (Wildman–Crippen MR) is 65.3 cm³/mol. The van der Waals surface area contributed by atoms with E-state index >= 15 is 0 Å². The molecule has 88 valence electrons. The fraction of sp³-hybridized carbons (Fsp3) is 0.167. The molecule has 1 aromatic carbocycles. The monoisotopic (exact) mass is 298 g/mol. The van der Waals surface area contributed by atoms with Gasteiger partial charge >= 0.3 is 0 Å². The van der Waals surface area contributed by atoms with Crippen molar-refractivity contribution in [1.29, 1.82) is 0 Å². The van der Waals surface area contributed by atoms with Crippen LogP contribution in [0, 0.1) is 12.7 Å². The van der Waals surface area contributed by atoms with Gasteiger partial charge in [0.2, 0.25) is 5.43 Å². The molecule has 0 atom stereocenters. The summed E-state index contributed by atoms with van der Waals surface area (Å²) >= 11 is 3.01. The molecule has 2 rings (SSSR count). The zero-order valence-electron chi connectivity index (χ0n) is 8.92. The van der Waals surface area contributed by atoms with E-state index in [0.29, 0.717) is 0 Å². The minimum Gasteiger partial charge on any atom is -0.460 e. The molecule has 2 aromatic rings. The standard InChI is InChI=1S/C12H8BrFO3/c1-6-11(9(15)5-13)12(16)8-3-2-7(14)4-10(8)17-6/h2-4H,5H2,1H3. The number of hydrogen-bond acceptors (Lipinski definition) is 3. The van der Waals surface area contributed by atoms with Crippen molar-refractivity contribution in [3.05, 3.63) is 45.6 Å². The molecule has 1 aromatic heterocycles. The van der Waals surface area contributed by atoms with Crippen LogP contribution in [0.25, 0.3) is 11.0 Å². The average Bonchev–Trinajstić information content (AvgIpc) is 2.28. The first kappa shape index (κ1) is 12.0. The Balaban J connectivity index is 2.86. The molecule has 0 spiro atoms. The van der Waals surface area contributed by atoms with Gasteiger partial charge in [0.15, 0.2) is 5.78 Å². The molecule has 0 saturated carbocycles. The normalized spacial score (nSPS) is 10.8. The van der Waals surface area contributed by atoms with E-state index in [0.717, 1.165) is 12.1 Å². The van der Waals surface area contributed by atoms with Crippen LogP contribution in [0.2, 0.25) is 0 Å². The molecule has 0 fully saturated rings. The number of alkyl halides is 1. The number of carbonyl (C=O) groups is 1. The summed E-state index contributed by atoms with van der Waals surface area (Å²) < 4.78 is 18.3. The fourth-order valence-electron chi connectivity index (χ4n) is 1.67. The highest BCUT2D eigenvalue weighted by molar-refractivity contribution is 9.09. The van der Waals surface area contributed by atoms with Crippen LogP contribution in [-0.4, -0.2) is 11.1 Å². The lowest BCUT2D eigenvalue weighted by Crippen LogP contribution is -2.18. The Morgan fingerprint density at radius 1 is 1.47 bits per heavy atom. The number of halogens is 2. The van der Waals surface area contributed by atoms with Gasteiger partial charge in [0.05, 0.1) is 10.7 Å². The Kier molecular flexibility index (Phi) is 3.11. The van der Waals surface area contributed by atoms with Gasteiger partial charge in [-0.3, -0.25) is 9.59 Å². The summed E-state index contributed by atoms with van der Waals surface area (Å²) in [6.07, 6.45) is 0. The van der Waals surface area contributed by atoms with E-state index in [2.05, 4.69) is 15.9 Å². The van der Waals surface area contributed by atoms with Gasteiger partial charge in [-0.2, -0.15) is 0 Å². The molecule has 5 heteroatoms. The van der Waals surface area contributed by atoms with Crippen LogP contribution in [0.15, 0.2) is 27.4 Å². The molecular formula is C12H8BrFO3. The Labute approximate surface area is 104 Å². The summed E-state index contributed by atoms with van der Waals surface area (Å²) in [5.74, 6) is -0.625. The minimum absolute atomic E-state index is 0.0148. The van der Waals surface area contributed by atoms with E-state index in [1.807, 2.05) is 0 Å². The first-order valence-corrected chi connectivity index (χ1v) is 5.99. The maximum atomic E-state index is 13.0. The molecule has 0 aliphatic heterocycles. The van der Waals surface area contributed by atoms with E-state index in [9.17, 15) is 14.0 Å². The summed E-state index contributed by atoms with van der Waals surface area (Å²) in [5, 5.41) is 0.256. The quantitative estimate of drug-likeness (QED) is 0.633. The van der Waals surface area contributed by atoms with Crippen molar-refractivity contribution in [1.82, 2.24) is 0 Å². The summed E-state index contributed by atoms with van der Waals surface area (Å²) in [4.78, 5) is 23.6. The van der Waals surface area contributed by atoms with Crippen LogP contribution in [0.3, 0.4) is 0 Å². The maximum Gasteiger partial charge on any atom is 0.203 e. The lowest BCUT2D eigenvalue weighted by molar-refractivity contribution is 0.102. The second-order valence-electron chi connectivity index (χ2n) is 3.56. The number of Topliss-reactive ketones (excluding diaryl/α,β-unsaturated/α-hetero) is 1. The van der Waals surface area contributed by atoms with E-state index in [1.54, 1.807) is 0 Å². The van der Waals surface area contributed by atoms with Gasteiger partial charge in [-0.15, -0.1) is 0 Å². The smallest absolute Gasteiger partial charge is 0.203 e. The first-order valence-electron chi connectivity index (χ1n) is 4.86. The van der Waals surface area contributed by atoms with E-state index < -0.39 is 11.2 Å². The third kappa shape index (κ3) is 2.02. The number of aryl methyl sites for hydroxylation is 1. The van der Waals surface area contributed by atoms with Crippen molar-refractivity contribution in [2.75, 3.05) is 5.33 Å². The van der Waals surface area contributed by atoms with Crippen molar-refractivity contribution in [3.63, 3.8) is 0 Å². The fourth-order valence-corrected chi connectivity index (χ4v) is 1.95. The molecule has 1 heterocycles. The van der Waals surface area contributed by atoms with Crippen LogP contribution < -0.4 is 5.43 Å². The molecule has 0 amide bonds. The van der Waals surface area contributed by atoms with Crippen LogP contribution in [-0.2, 0) is 0 Å². The molecule has 0 unspecified atom stereocenters. The van der Waals surface area contributed by atoms with Crippen LogP contribution in [0.1, 0.15) is 16.1 Å². The average molecular weight is 299 g/mol. The number of ketones is 1. The molecule has 0 aliphatic carbocycles. The zero-order valence-corrected chi connectivity index (χ0v) is 10.5. The Morgan fingerprint density at radius 2 is 2.18 bits per heavy atom. The van der Waals surface area contributed by atoms with Gasteiger partial charge in [-0.1, -0.05) is 15.9 Å². The zero-order chi connectivity index (χ0) is 12.6. The van der Waals surface area contributed by atoms with Crippen LogP contribution in [0.4, 0.5) is 4.39 Å². The second-order valence-corrected chi connectivity index (χ2v) is 4.12. The molecule has 0 N–H and O–H groups in total. The van der Waals surface area contributed by atoms with Gasteiger partial charge < -0.3 is 4.42 Å². The van der Waals surface area contributed by atoms with Gasteiger partial charge in [-0.05, 0) is 19.1 Å². The number of fused-ring (bicyclic) bond motifs is 1. The summed E-state index contributed by atoms with van der Waals surface area (Å²) in [6.45, 7) is 1.52. The van der Waals surface area contributed by atoms with Crippen molar-refractivity contribution >= 4 is 32.7 Å². The number of rotatable bonds is 2. The topological polar surface area (TPSA) is 47.3 Å². The molecule has 3 nitrogen and oxygen atoms in total. The highest BCUT2D eigenvalue weighted by Crippen LogP contribution is 2.17. The molecule has 0 bridgehead atoms. The summed E-state index contributed by atoms with van der Waals surface area (Å²) in [7, 11) is 0. The Bertz CT molecular complexity index is 661. The third-order valence-corrected chi connectivity index (χ3v) is 2.94. The van der Waals surface area contributed by atoms with E-state index in [-0.39, 0.29) is 33.4 Å². The Morgan fingerprint density at radius 3 is 2.82 bits per heavy atom. The van der Waals surface area contributed by atoms with E-state index in [1.165, 1.54) is 13.0 Å². The SMILES string of the molecule is Cc1oc2cc(F)ccc2c(=O)c1C(=O)CBr. The highest BCUT2D eigenvalue weighted by atomic mass is 79.9. The number of carbonyl (C=O) groups excluding carboxylic acids is 1. The molecular weight excluding hydrogens is 291 g/mol. The van der Waals surface area contributed by atoms with E-state index in [4.69, 9.17) is 4.42 Å². The van der Waals surface area contributed by atoms with Gasteiger partial charge in [-0.25, -0.2) is 4.39 Å². The van der Waals surface area contributed by atoms with Crippen molar-refractivity contribution in [2.24, 2.45) is 0 Å². The minimum atomic E-state index is -0.486.